The summed E-state index contributed by atoms with van der Waals surface area (Å²) >= 11 is 0. The molecule has 30 heavy (non-hydrogen) atoms. The average Bonchev–Trinajstić information content (AvgIpc) is 3.28. The number of hydrogen-bond acceptors (Lipinski definition) is 4. The molecule has 0 N–H and O–H groups in total. The maximum Gasteiger partial charge on any atom is 0.243 e. The maximum atomic E-state index is 12.9. The van der Waals surface area contributed by atoms with Crippen molar-refractivity contribution in [2.45, 2.75) is 30.7 Å². The molecule has 0 spiro atoms. The Morgan fingerprint density at radius 1 is 1.07 bits per heavy atom. The van der Waals surface area contributed by atoms with Crippen molar-refractivity contribution in [3.63, 3.8) is 0 Å². The number of furan rings is 1. The number of rotatable bonds is 7. The van der Waals surface area contributed by atoms with Gasteiger partial charge in [0.05, 0.1) is 18.0 Å². The second kappa shape index (κ2) is 7.89. The minimum absolute atomic E-state index is 0.174. The highest BCUT2D eigenvalue weighted by atomic mass is 32.2. The molecular weight excluding hydrogens is 400 g/mol. The van der Waals surface area contributed by atoms with Gasteiger partial charge in [-0.1, -0.05) is 37.3 Å². The fourth-order valence-corrected chi connectivity index (χ4v) is 4.78. The fraction of sp³-hybridized carbons (Fsp3) is 0.348. The molecule has 4 rings (SSSR count). The third kappa shape index (κ3) is 4.13. The van der Waals surface area contributed by atoms with Gasteiger partial charge in [-0.25, -0.2) is 8.42 Å². The molecule has 0 unspecified atom stereocenters. The average molecular weight is 427 g/mol. The first-order valence-electron chi connectivity index (χ1n) is 10.0. The second-order valence-electron chi connectivity index (χ2n) is 8.14. The lowest BCUT2D eigenvalue weighted by molar-refractivity contribution is -0.130. The third-order valence-corrected chi connectivity index (χ3v) is 7.56. The first-order valence-corrected chi connectivity index (χ1v) is 11.5. The molecule has 0 aliphatic heterocycles. The lowest BCUT2D eigenvalue weighted by atomic mass is 10.1. The van der Waals surface area contributed by atoms with E-state index in [4.69, 9.17) is 4.42 Å². The van der Waals surface area contributed by atoms with Crippen LogP contribution in [0.4, 0.5) is 0 Å². The van der Waals surface area contributed by atoms with E-state index in [0.29, 0.717) is 24.1 Å². The summed E-state index contributed by atoms with van der Waals surface area (Å²) in [5.74, 6) is 2.52. The van der Waals surface area contributed by atoms with Crippen LogP contribution in [0.15, 0.2) is 63.9 Å². The Kier molecular flexibility index (Phi) is 5.42. The van der Waals surface area contributed by atoms with Crippen LogP contribution in [0.3, 0.4) is 0 Å². The van der Waals surface area contributed by atoms with E-state index in [2.05, 4.69) is 6.92 Å². The monoisotopic (exact) mass is 426 g/mol. The Balaban J connectivity index is 1.41. The first kappa shape index (κ1) is 20.6. The minimum atomic E-state index is -3.77. The molecule has 0 bridgehead atoms. The summed E-state index contributed by atoms with van der Waals surface area (Å²) in [5.41, 5.74) is 0. The summed E-state index contributed by atoms with van der Waals surface area (Å²) in [6.07, 6.45) is 1.14. The Labute approximate surface area is 177 Å². The van der Waals surface area contributed by atoms with Gasteiger partial charge in [-0.3, -0.25) is 4.79 Å². The number of fused-ring (bicyclic) bond motifs is 1. The van der Waals surface area contributed by atoms with Crippen molar-refractivity contribution >= 4 is 26.7 Å². The van der Waals surface area contributed by atoms with E-state index in [-0.39, 0.29) is 17.3 Å². The number of hydrogen-bond donors (Lipinski definition) is 0. The topological polar surface area (TPSA) is 70.8 Å². The zero-order valence-corrected chi connectivity index (χ0v) is 18.2. The molecule has 2 aromatic carbocycles. The number of nitrogens with zero attached hydrogens (tertiary/aromatic N) is 2. The first-order chi connectivity index (χ1) is 14.3. The molecule has 1 amide bonds. The van der Waals surface area contributed by atoms with Gasteiger partial charge in [0.1, 0.15) is 11.5 Å². The number of likely N-dealkylation sites (N-methyl/N-ethyl adjacent to an activating group) is 2. The number of benzene rings is 2. The van der Waals surface area contributed by atoms with Gasteiger partial charge in [-0.2, -0.15) is 4.31 Å². The van der Waals surface area contributed by atoms with E-state index in [1.807, 2.05) is 36.4 Å². The molecular formula is C23H26N2O4S. The van der Waals surface area contributed by atoms with Crippen LogP contribution in [0.2, 0.25) is 0 Å². The standard InChI is InChI=1S/C23H26N2O4S/c1-16-12-21(16)22-11-9-19(29-22)14-24(2)23(26)15-25(3)30(27,28)20-10-8-17-6-4-5-7-18(17)13-20/h4-11,13,16,21H,12,14-15H2,1-3H3/t16-,21+/m1/s1. The van der Waals surface area contributed by atoms with Crippen LogP contribution in [0.1, 0.15) is 30.8 Å². The Hall–Kier alpha value is -2.64. The van der Waals surface area contributed by atoms with Crippen molar-refractivity contribution in [1.82, 2.24) is 9.21 Å². The Morgan fingerprint density at radius 3 is 2.47 bits per heavy atom. The van der Waals surface area contributed by atoms with Crippen molar-refractivity contribution in [1.29, 1.82) is 0 Å². The molecule has 1 heterocycles. The highest BCUT2D eigenvalue weighted by molar-refractivity contribution is 7.89. The summed E-state index contributed by atoms with van der Waals surface area (Å²) in [6.45, 7) is 2.26. The van der Waals surface area contributed by atoms with E-state index >= 15 is 0 Å². The molecule has 1 aliphatic rings. The lowest BCUT2D eigenvalue weighted by Gasteiger charge is -2.21. The van der Waals surface area contributed by atoms with Gasteiger partial charge >= 0.3 is 0 Å². The van der Waals surface area contributed by atoms with Gasteiger partial charge in [0.2, 0.25) is 15.9 Å². The Bertz CT molecular complexity index is 1180. The second-order valence-corrected chi connectivity index (χ2v) is 10.2. The van der Waals surface area contributed by atoms with Crippen molar-refractivity contribution in [2.75, 3.05) is 20.6 Å². The van der Waals surface area contributed by atoms with Crippen molar-refractivity contribution in [3.05, 3.63) is 66.1 Å². The molecule has 0 saturated heterocycles. The summed E-state index contributed by atoms with van der Waals surface area (Å²) in [7, 11) is -0.695. The summed E-state index contributed by atoms with van der Waals surface area (Å²) < 4.78 is 32.8. The molecule has 7 heteroatoms. The highest BCUT2D eigenvalue weighted by Crippen LogP contribution is 2.47. The van der Waals surface area contributed by atoms with Crippen molar-refractivity contribution in [3.8, 4) is 0 Å². The Morgan fingerprint density at radius 2 is 1.77 bits per heavy atom. The molecule has 2 atom stereocenters. The molecule has 1 aromatic heterocycles. The zero-order valence-electron chi connectivity index (χ0n) is 17.4. The van der Waals surface area contributed by atoms with Crippen LogP contribution in [0.5, 0.6) is 0 Å². The van der Waals surface area contributed by atoms with E-state index in [1.165, 1.54) is 11.9 Å². The predicted octanol–water partition coefficient (Wildman–Crippen LogP) is 3.84. The molecule has 1 fully saturated rings. The van der Waals surface area contributed by atoms with Crippen LogP contribution >= 0.6 is 0 Å². The molecule has 6 nitrogen and oxygen atoms in total. The van der Waals surface area contributed by atoms with Gasteiger partial charge in [0, 0.05) is 20.0 Å². The quantitative estimate of drug-likeness (QED) is 0.576. The normalized spacial score (nSPS) is 18.7. The van der Waals surface area contributed by atoms with E-state index < -0.39 is 10.0 Å². The van der Waals surface area contributed by atoms with E-state index in [9.17, 15) is 13.2 Å². The zero-order chi connectivity index (χ0) is 21.5. The SMILES string of the molecule is C[C@@H]1C[C@@H]1c1ccc(CN(C)C(=O)CN(C)S(=O)(=O)c2ccc3ccccc3c2)o1. The minimum Gasteiger partial charge on any atom is -0.464 e. The largest absolute Gasteiger partial charge is 0.464 e. The number of carbonyl (C=O) groups is 1. The molecule has 1 aliphatic carbocycles. The number of sulfonamides is 1. The van der Waals surface area contributed by atoms with E-state index in [1.54, 1.807) is 25.2 Å². The van der Waals surface area contributed by atoms with Crippen molar-refractivity contribution < 1.29 is 17.6 Å². The summed E-state index contributed by atoms with van der Waals surface area (Å²) in [6, 6.07) is 16.4. The van der Waals surface area contributed by atoms with E-state index in [0.717, 1.165) is 27.3 Å². The highest BCUT2D eigenvalue weighted by Gasteiger charge is 2.36. The third-order valence-electron chi connectivity index (χ3n) is 5.76. The van der Waals surface area contributed by atoms with Gasteiger partial charge in [0.15, 0.2) is 0 Å². The molecule has 1 saturated carbocycles. The predicted molar refractivity (Wildman–Crippen MR) is 115 cm³/mol. The summed E-state index contributed by atoms with van der Waals surface area (Å²) in [4.78, 5) is 14.3. The van der Waals surface area contributed by atoms with Gasteiger partial charge in [0.25, 0.3) is 0 Å². The van der Waals surface area contributed by atoms with Gasteiger partial charge in [-0.15, -0.1) is 0 Å². The van der Waals surface area contributed by atoms with Crippen LogP contribution < -0.4 is 0 Å². The van der Waals surface area contributed by atoms with Crippen LogP contribution in [-0.4, -0.2) is 44.2 Å². The van der Waals surface area contributed by atoms with Crippen LogP contribution in [0, 0.1) is 5.92 Å². The van der Waals surface area contributed by atoms with Crippen LogP contribution in [-0.2, 0) is 21.4 Å². The van der Waals surface area contributed by atoms with Gasteiger partial charge < -0.3 is 9.32 Å². The smallest absolute Gasteiger partial charge is 0.243 e. The van der Waals surface area contributed by atoms with Gasteiger partial charge in [-0.05, 0) is 47.4 Å². The molecule has 158 valence electrons. The fourth-order valence-electron chi connectivity index (χ4n) is 3.62. The summed E-state index contributed by atoms with van der Waals surface area (Å²) in [5, 5.41) is 1.81. The number of carbonyl (C=O) groups excluding carboxylic acids is 1. The number of amides is 1. The van der Waals surface area contributed by atoms with Crippen molar-refractivity contribution in [2.24, 2.45) is 5.92 Å². The maximum absolute atomic E-state index is 12.9. The lowest BCUT2D eigenvalue weighted by Crippen LogP contribution is -2.39. The molecule has 0 radical (unpaired) electrons. The molecule has 3 aromatic rings. The van der Waals surface area contributed by atoms with Crippen LogP contribution in [0.25, 0.3) is 10.8 Å².